The van der Waals surface area contributed by atoms with Gasteiger partial charge in [-0.2, -0.15) is 0 Å². The molecule has 57 heavy (non-hydrogen) atoms. The lowest BCUT2D eigenvalue weighted by Crippen LogP contribution is -2.75. The van der Waals surface area contributed by atoms with Gasteiger partial charge < -0.3 is 51.4 Å². The molecule has 5 fully saturated rings. The predicted octanol–water partition coefficient (Wildman–Crippen LogP) is 4.67. The molecule has 0 aromatic heterocycles. The van der Waals surface area contributed by atoms with Gasteiger partial charge in [0.15, 0.2) is 5.60 Å². The average molecular weight is 782 g/mol. The summed E-state index contributed by atoms with van der Waals surface area (Å²) in [7, 11) is 0. The summed E-state index contributed by atoms with van der Waals surface area (Å²) in [4.78, 5) is 46.5. The Balaban J connectivity index is 0.871. The molecule has 0 radical (unpaired) electrons. The van der Waals surface area contributed by atoms with Gasteiger partial charge in [0.05, 0.1) is 17.7 Å². The monoisotopic (exact) mass is 781 g/mol. The van der Waals surface area contributed by atoms with Gasteiger partial charge in [-0.25, -0.2) is 0 Å². The number of carbonyl (C=O) groups is 3. The number of nitrogens with zero attached hydrogens (tertiary/aromatic N) is 4. The Hall–Kier alpha value is -4.55. The van der Waals surface area contributed by atoms with E-state index in [1.807, 2.05) is 18.2 Å². The molecule has 2 aromatic rings. The van der Waals surface area contributed by atoms with Crippen LogP contribution in [0.1, 0.15) is 94.1 Å². The number of ether oxygens (including phenoxy) is 1. The molecule has 1 saturated carbocycles. The molecular weight excluding hydrogens is 719 g/mol. The fourth-order valence-corrected chi connectivity index (χ4v) is 10.1. The van der Waals surface area contributed by atoms with Crippen LogP contribution in [0, 0.1) is 11.3 Å². The third-order valence-corrected chi connectivity index (χ3v) is 13.5. The first kappa shape index (κ1) is 40.6. The summed E-state index contributed by atoms with van der Waals surface area (Å²) >= 11 is 0. The van der Waals surface area contributed by atoms with E-state index in [4.69, 9.17) is 21.9 Å². The Bertz CT molecular complexity index is 1760. The summed E-state index contributed by atoms with van der Waals surface area (Å²) in [5.41, 5.74) is 21.3. The van der Waals surface area contributed by atoms with Crippen LogP contribution in [0.25, 0.3) is 5.70 Å². The number of benzene rings is 2. The van der Waals surface area contributed by atoms with E-state index in [-0.39, 0.29) is 29.1 Å². The number of aromatic hydroxyl groups is 1. The molecule has 7 rings (SSSR count). The van der Waals surface area contributed by atoms with Crippen LogP contribution in [0.2, 0.25) is 0 Å². The van der Waals surface area contributed by atoms with E-state index in [9.17, 15) is 19.5 Å². The largest absolute Gasteiger partial charge is 0.507 e. The van der Waals surface area contributed by atoms with Crippen LogP contribution in [0.15, 0.2) is 66.5 Å². The summed E-state index contributed by atoms with van der Waals surface area (Å²) in [6, 6.07) is 15.1. The van der Waals surface area contributed by atoms with Crippen LogP contribution < -0.4 is 22.1 Å². The number of piperidine rings is 2. The van der Waals surface area contributed by atoms with Crippen molar-refractivity contribution in [1.82, 2.24) is 14.7 Å². The van der Waals surface area contributed by atoms with Crippen molar-refractivity contribution in [2.24, 2.45) is 28.5 Å². The fourth-order valence-electron chi connectivity index (χ4n) is 10.1. The van der Waals surface area contributed by atoms with Crippen molar-refractivity contribution in [2.45, 2.75) is 94.7 Å². The second kappa shape index (κ2) is 17.9. The number of allylic oxidation sites excluding steroid dienone is 1. The average Bonchev–Trinajstić information content (AvgIpc) is 3.20. The molecule has 308 valence electrons. The number of nitrogens with two attached hydrogens (primary N) is 3. The van der Waals surface area contributed by atoms with Crippen molar-refractivity contribution in [1.29, 1.82) is 0 Å². The minimum Gasteiger partial charge on any atom is -0.507 e. The van der Waals surface area contributed by atoms with Crippen LogP contribution in [-0.4, -0.2) is 109 Å². The number of hydrogen-bond donors (Lipinski definition) is 4. The summed E-state index contributed by atoms with van der Waals surface area (Å²) in [6.07, 6.45) is 15.4. The highest BCUT2D eigenvalue weighted by Gasteiger charge is 2.57. The Morgan fingerprint density at radius 3 is 2.19 bits per heavy atom. The zero-order chi connectivity index (χ0) is 40.0. The summed E-state index contributed by atoms with van der Waals surface area (Å²) < 4.78 is 6.90. The SMILES string of the molecule is N/C=C(\C=C(/N)c1ccccc1O)N1CCC(OC2CCCCC2)(C(=O)N2CC3(CN(CCC4CCN(c5ccc(C(CCC=O)C(N)=O)cc5)CC4)C3)C2)CC1. The standard InChI is InChI=1S/C45H63N7O5/c46-28-36(27-40(47)39-9-4-5-11-41(39)54)51-24-19-45(20-25-51,57-37-7-2-1-3-8-37)43(56)52-31-44(32-52)29-49(30-44)21-16-33-17-22-50(23-18-33)35-14-12-34(13-15-35)38(42(48)55)10-6-26-53/h4-5,9,11-15,26-28,33,37-38,54H,1-3,6-8,10,16-25,29-32,46-47H2,(H2,48,55)/b36-28+,40-27-. The molecule has 0 bridgehead atoms. The molecule has 2 aromatic carbocycles. The molecule has 4 aliphatic heterocycles. The number of carbonyl (C=O) groups excluding carboxylic acids is 3. The van der Waals surface area contributed by atoms with Crippen molar-refractivity contribution >= 4 is 29.5 Å². The number of phenolic OH excluding ortho intramolecular Hbond substituents is 1. The second-order valence-electron chi connectivity index (χ2n) is 17.4. The third-order valence-electron chi connectivity index (χ3n) is 13.5. The van der Waals surface area contributed by atoms with E-state index in [2.05, 4.69) is 31.7 Å². The highest BCUT2D eigenvalue weighted by atomic mass is 16.5. The number of hydrogen-bond acceptors (Lipinski definition) is 10. The Morgan fingerprint density at radius 1 is 0.877 bits per heavy atom. The third kappa shape index (κ3) is 9.28. The summed E-state index contributed by atoms with van der Waals surface area (Å²) in [5, 5.41) is 10.3. The quantitative estimate of drug-likeness (QED) is 0.147. The number of para-hydroxylation sites is 1. The van der Waals surface area contributed by atoms with Gasteiger partial charge in [0.25, 0.3) is 5.91 Å². The van der Waals surface area contributed by atoms with E-state index < -0.39 is 11.5 Å². The molecule has 4 saturated heterocycles. The van der Waals surface area contributed by atoms with E-state index in [0.717, 1.165) is 102 Å². The molecule has 1 spiro atoms. The molecule has 7 N–H and O–H groups in total. The van der Waals surface area contributed by atoms with Gasteiger partial charge in [-0.05, 0) is 86.9 Å². The van der Waals surface area contributed by atoms with Crippen molar-refractivity contribution in [3.05, 3.63) is 77.6 Å². The minimum atomic E-state index is -0.823. The van der Waals surface area contributed by atoms with Gasteiger partial charge >= 0.3 is 0 Å². The van der Waals surface area contributed by atoms with Crippen molar-refractivity contribution in [3.8, 4) is 5.75 Å². The fraction of sp³-hybridized carbons (Fsp3) is 0.578. The smallest absolute Gasteiger partial charge is 0.255 e. The van der Waals surface area contributed by atoms with Gasteiger partial charge in [0.1, 0.15) is 12.0 Å². The summed E-state index contributed by atoms with van der Waals surface area (Å²) in [6.45, 7) is 8.13. The van der Waals surface area contributed by atoms with Gasteiger partial charge in [0.2, 0.25) is 5.91 Å². The lowest BCUT2D eigenvalue weighted by Gasteiger charge is -2.62. The Morgan fingerprint density at radius 2 is 1.56 bits per heavy atom. The predicted molar refractivity (Wildman–Crippen MR) is 223 cm³/mol. The van der Waals surface area contributed by atoms with Crippen molar-refractivity contribution < 1.29 is 24.2 Å². The summed E-state index contributed by atoms with van der Waals surface area (Å²) in [5.74, 6) is 0.167. The highest BCUT2D eigenvalue weighted by Crippen LogP contribution is 2.44. The first-order chi connectivity index (χ1) is 27.6. The second-order valence-corrected chi connectivity index (χ2v) is 17.4. The van der Waals surface area contributed by atoms with Gasteiger partial charge in [-0.1, -0.05) is 43.5 Å². The molecule has 4 heterocycles. The zero-order valence-corrected chi connectivity index (χ0v) is 33.5. The van der Waals surface area contributed by atoms with Crippen LogP contribution in [0.3, 0.4) is 0 Å². The lowest BCUT2D eigenvalue weighted by molar-refractivity contribution is -0.197. The van der Waals surface area contributed by atoms with Crippen molar-refractivity contribution in [3.63, 3.8) is 0 Å². The molecular formula is C45H63N7O5. The van der Waals surface area contributed by atoms with Gasteiger partial charge in [-0.15, -0.1) is 0 Å². The molecule has 12 heteroatoms. The topological polar surface area (TPSA) is 172 Å². The van der Waals surface area contributed by atoms with Crippen LogP contribution >= 0.6 is 0 Å². The maximum atomic E-state index is 14.4. The molecule has 2 amide bonds. The first-order valence-corrected chi connectivity index (χ1v) is 21.3. The minimum absolute atomic E-state index is 0.123. The molecule has 5 aliphatic rings. The maximum absolute atomic E-state index is 14.4. The number of anilines is 1. The van der Waals surface area contributed by atoms with Gasteiger partial charge in [0, 0.05) is 100 Å². The lowest BCUT2D eigenvalue weighted by atomic mass is 9.71. The maximum Gasteiger partial charge on any atom is 0.255 e. The number of likely N-dealkylation sites (tertiary alicyclic amines) is 3. The number of rotatable bonds is 15. The Labute approximate surface area is 338 Å². The normalized spacial score (nSPS) is 22.5. The zero-order valence-electron chi connectivity index (χ0n) is 33.5. The number of primary amides is 1. The van der Waals surface area contributed by atoms with E-state index in [1.54, 1.807) is 30.5 Å². The van der Waals surface area contributed by atoms with E-state index in [1.165, 1.54) is 18.5 Å². The highest BCUT2D eigenvalue weighted by molar-refractivity contribution is 5.86. The molecule has 12 nitrogen and oxygen atoms in total. The van der Waals surface area contributed by atoms with Crippen molar-refractivity contribution in [2.75, 3.05) is 63.8 Å². The number of aldehydes is 1. The molecule has 1 atom stereocenters. The van der Waals surface area contributed by atoms with E-state index in [0.29, 0.717) is 56.0 Å². The molecule has 1 aliphatic carbocycles. The number of phenols is 1. The molecule has 1 unspecified atom stereocenters. The van der Waals surface area contributed by atoms with Crippen LogP contribution in [0.4, 0.5) is 5.69 Å². The first-order valence-electron chi connectivity index (χ1n) is 21.3. The van der Waals surface area contributed by atoms with E-state index >= 15 is 0 Å². The number of amides is 2. The Kier molecular flexibility index (Phi) is 12.8. The van der Waals surface area contributed by atoms with Gasteiger partial charge in [-0.3, -0.25) is 9.59 Å². The van der Waals surface area contributed by atoms with Crippen LogP contribution in [0.5, 0.6) is 5.75 Å². The van der Waals surface area contributed by atoms with Crippen LogP contribution in [-0.2, 0) is 19.1 Å².